The van der Waals surface area contributed by atoms with Gasteiger partial charge >= 0.3 is 0 Å². The number of hydrogen-bond donors (Lipinski definition) is 1. The molecule has 9 nitrogen and oxygen atoms in total. The van der Waals surface area contributed by atoms with E-state index in [4.69, 9.17) is 4.74 Å². The molecule has 2 aliphatic heterocycles. The van der Waals surface area contributed by atoms with Crippen LogP contribution in [0.2, 0.25) is 0 Å². The van der Waals surface area contributed by atoms with E-state index in [0.29, 0.717) is 30.9 Å². The molecule has 1 aromatic heterocycles. The van der Waals surface area contributed by atoms with Crippen LogP contribution in [-0.4, -0.2) is 59.3 Å². The minimum atomic E-state index is -3.88. The fraction of sp³-hybridized carbons (Fsp3) is 0.526. The number of benzene rings is 2. The molecule has 4 aliphatic rings. The number of ether oxygens (including phenoxy) is 1. The number of halogens is 1. The summed E-state index contributed by atoms with van der Waals surface area (Å²) >= 11 is 4.93. The quantitative estimate of drug-likeness (QED) is 0.241. The number of aryl methyl sites for hydroxylation is 1. The Balaban J connectivity index is 1.17. The van der Waals surface area contributed by atoms with Crippen LogP contribution in [0.4, 0.5) is 0 Å². The van der Waals surface area contributed by atoms with E-state index in [2.05, 4.69) is 43.8 Å². The minimum Gasteiger partial charge on any atom is -0.465 e. The number of Topliss-reactive ketones (excluding diaryl/α,β-unsaturated/α-hetero) is 1. The summed E-state index contributed by atoms with van der Waals surface area (Å²) in [6, 6.07) is 15.2. The van der Waals surface area contributed by atoms with Crippen molar-refractivity contribution in [3.05, 3.63) is 70.7 Å². The first kappa shape index (κ1) is 35.3. The van der Waals surface area contributed by atoms with E-state index < -0.39 is 38.2 Å². The van der Waals surface area contributed by atoms with Gasteiger partial charge in [-0.15, -0.1) is 0 Å². The van der Waals surface area contributed by atoms with Gasteiger partial charge in [0.1, 0.15) is 6.10 Å². The fourth-order valence-corrected chi connectivity index (χ4v) is 10.3. The third-order valence-corrected chi connectivity index (χ3v) is 14.7. The van der Waals surface area contributed by atoms with Crippen LogP contribution in [0, 0.1) is 17.3 Å². The van der Waals surface area contributed by atoms with E-state index in [-0.39, 0.29) is 42.9 Å². The lowest BCUT2D eigenvalue weighted by atomic mass is 9.90. The highest BCUT2D eigenvalue weighted by Crippen LogP contribution is 2.57. The Morgan fingerprint density at radius 1 is 1.12 bits per heavy atom. The molecule has 3 aromatic rings. The molecule has 2 amide bonds. The van der Waals surface area contributed by atoms with Crippen molar-refractivity contribution in [3.63, 3.8) is 0 Å². The highest BCUT2D eigenvalue weighted by atomic mass is 79.9. The lowest BCUT2D eigenvalue weighted by Crippen LogP contribution is -2.47. The summed E-state index contributed by atoms with van der Waals surface area (Å²) < 4.78 is 36.0. The van der Waals surface area contributed by atoms with Crippen molar-refractivity contribution < 1.29 is 27.5 Å². The first-order valence-corrected chi connectivity index (χ1v) is 20.9. The summed E-state index contributed by atoms with van der Waals surface area (Å²) in [7, 11) is -3.88. The average molecular weight is 783 g/mol. The molecule has 3 heterocycles. The van der Waals surface area contributed by atoms with Gasteiger partial charge in [-0.2, -0.15) is 0 Å². The standard InChI is InChI=1S/C38H44BrN3O6S2/c1-37(18-19-37)50(46,47)41-35(45)38-22-27(38)13-9-4-2-3-8-12-26(15-14-25-10-6-5-7-11-25)34(44)42-24-29(21-31(42)32(43)23-38)48-36-40-30-17-16-28(39)20-33(30)49-36/h5-7,9-11,13,16-17,20,26-27,29,31H,2-4,8,12,14-15,18-19,21-24H2,1H3,(H,41,45)/b13-9-/t26-,27-,29-,31+,38-/m1/s1. The van der Waals surface area contributed by atoms with Gasteiger partial charge in [0.2, 0.25) is 21.8 Å². The second-order valence-electron chi connectivity index (χ2n) is 14.9. The maximum absolute atomic E-state index is 14.5. The second kappa shape index (κ2) is 14.1. The Morgan fingerprint density at radius 3 is 2.70 bits per heavy atom. The van der Waals surface area contributed by atoms with Gasteiger partial charge in [-0.3, -0.25) is 19.1 Å². The highest BCUT2D eigenvalue weighted by Gasteiger charge is 2.62. The van der Waals surface area contributed by atoms with Crippen molar-refractivity contribution in [2.45, 2.75) is 101 Å². The van der Waals surface area contributed by atoms with Crippen LogP contribution in [0.25, 0.3) is 10.2 Å². The number of sulfonamides is 1. The summed E-state index contributed by atoms with van der Waals surface area (Å²) in [6.07, 6.45) is 11.0. The number of thiazole rings is 1. The summed E-state index contributed by atoms with van der Waals surface area (Å²) in [6.45, 7) is 1.89. The van der Waals surface area contributed by atoms with E-state index in [1.54, 1.807) is 11.8 Å². The predicted molar refractivity (Wildman–Crippen MR) is 197 cm³/mol. The van der Waals surface area contributed by atoms with E-state index in [1.165, 1.54) is 16.9 Å². The van der Waals surface area contributed by atoms with Crippen LogP contribution >= 0.6 is 27.3 Å². The molecule has 2 aromatic carbocycles. The van der Waals surface area contributed by atoms with Gasteiger partial charge in [0.15, 0.2) is 5.78 Å². The normalized spacial score (nSPS) is 29.0. The number of carbonyl (C=O) groups is 3. The zero-order chi connectivity index (χ0) is 35.1. The van der Waals surface area contributed by atoms with E-state index in [0.717, 1.165) is 53.2 Å². The van der Waals surface area contributed by atoms with Crippen molar-refractivity contribution in [2.24, 2.45) is 17.3 Å². The van der Waals surface area contributed by atoms with Crippen LogP contribution in [-0.2, 0) is 30.8 Å². The van der Waals surface area contributed by atoms with Crippen LogP contribution in [0.1, 0.15) is 83.1 Å². The minimum absolute atomic E-state index is 0.0540. The first-order chi connectivity index (χ1) is 24.0. The number of rotatable bonds is 8. The average Bonchev–Trinajstić information content (AvgIpc) is 3.90. The van der Waals surface area contributed by atoms with Crippen molar-refractivity contribution in [1.29, 1.82) is 0 Å². The molecular weight excluding hydrogens is 738 g/mol. The Kier molecular flexibility index (Phi) is 9.99. The van der Waals surface area contributed by atoms with Gasteiger partial charge in [0, 0.05) is 23.2 Å². The molecular formula is C38H44BrN3O6S2. The Labute approximate surface area is 306 Å². The number of aromatic nitrogens is 1. The first-order valence-electron chi connectivity index (χ1n) is 17.8. The molecule has 1 N–H and O–H groups in total. The number of fused-ring (bicyclic) bond motifs is 3. The molecule has 0 bridgehead atoms. The topological polar surface area (TPSA) is 123 Å². The number of ketones is 1. The van der Waals surface area contributed by atoms with Crippen molar-refractivity contribution >= 4 is 65.1 Å². The molecule has 0 unspecified atom stereocenters. The molecule has 2 aliphatic carbocycles. The third-order valence-electron chi connectivity index (χ3n) is 11.2. The fourth-order valence-electron chi connectivity index (χ4n) is 7.55. The smallest absolute Gasteiger partial charge is 0.274 e. The molecule has 50 heavy (non-hydrogen) atoms. The SMILES string of the molecule is CC1(S(=O)(=O)NC(=O)[C@]23CC(=O)[C@@H]4C[C@@H](Oc5nc6ccc(Br)cc6s5)CN4C(=O)[C@@H](CCc4ccccc4)CCCCC/C=C\[C@@H]2C3)CC1. The summed E-state index contributed by atoms with van der Waals surface area (Å²) in [5, 5.41) is 0.480. The van der Waals surface area contributed by atoms with Gasteiger partial charge in [0.25, 0.3) is 5.19 Å². The zero-order valence-corrected chi connectivity index (χ0v) is 31.5. The van der Waals surface area contributed by atoms with E-state index >= 15 is 0 Å². The highest BCUT2D eigenvalue weighted by molar-refractivity contribution is 9.10. The van der Waals surface area contributed by atoms with Crippen molar-refractivity contribution in [1.82, 2.24) is 14.6 Å². The van der Waals surface area contributed by atoms with Crippen molar-refractivity contribution in [2.75, 3.05) is 6.54 Å². The largest absolute Gasteiger partial charge is 0.465 e. The lowest BCUT2D eigenvalue weighted by Gasteiger charge is -2.29. The summed E-state index contributed by atoms with van der Waals surface area (Å²) in [4.78, 5) is 49.2. The molecule has 266 valence electrons. The molecule has 12 heteroatoms. The lowest BCUT2D eigenvalue weighted by molar-refractivity contribution is -0.142. The van der Waals surface area contributed by atoms with Gasteiger partial charge in [0.05, 0.1) is 33.0 Å². The molecule has 1 saturated heterocycles. The molecule has 0 radical (unpaired) electrons. The number of nitrogens with zero attached hydrogens (tertiary/aromatic N) is 2. The number of amides is 2. The van der Waals surface area contributed by atoms with Gasteiger partial charge in [-0.1, -0.05) is 82.6 Å². The summed E-state index contributed by atoms with van der Waals surface area (Å²) in [5.74, 6) is -1.39. The van der Waals surface area contributed by atoms with Crippen LogP contribution in [0.5, 0.6) is 5.19 Å². The Morgan fingerprint density at radius 2 is 1.92 bits per heavy atom. The Hall–Kier alpha value is -3.09. The number of allylic oxidation sites excluding steroid dienone is 2. The second-order valence-corrected chi connectivity index (χ2v) is 19.0. The van der Waals surface area contributed by atoms with Gasteiger partial charge in [-0.05, 0) is 88.0 Å². The molecule has 7 rings (SSSR count). The Bertz CT molecular complexity index is 1910. The van der Waals surface area contributed by atoms with E-state index in [1.807, 2.05) is 42.5 Å². The van der Waals surface area contributed by atoms with E-state index in [9.17, 15) is 22.8 Å². The molecule has 5 atom stereocenters. The zero-order valence-electron chi connectivity index (χ0n) is 28.3. The van der Waals surface area contributed by atoms with Gasteiger partial charge in [-0.25, -0.2) is 13.4 Å². The molecule has 2 saturated carbocycles. The maximum Gasteiger partial charge on any atom is 0.274 e. The molecule has 3 fully saturated rings. The number of carbonyl (C=O) groups excluding carboxylic acids is 3. The predicted octanol–water partition coefficient (Wildman–Crippen LogP) is 7.14. The molecule has 0 spiro atoms. The van der Waals surface area contributed by atoms with Crippen LogP contribution in [0.15, 0.2) is 65.2 Å². The number of hydrogen-bond acceptors (Lipinski definition) is 8. The number of nitrogens with one attached hydrogen (secondary N) is 1. The third kappa shape index (κ3) is 7.44. The maximum atomic E-state index is 14.5. The van der Waals surface area contributed by atoms with Gasteiger partial charge < -0.3 is 9.64 Å². The van der Waals surface area contributed by atoms with Crippen LogP contribution < -0.4 is 9.46 Å². The van der Waals surface area contributed by atoms with Crippen LogP contribution in [0.3, 0.4) is 0 Å². The summed E-state index contributed by atoms with van der Waals surface area (Å²) in [5.41, 5.74) is 0.819. The van der Waals surface area contributed by atoms with Crippen molar-refractivity contribution in [3.8, 4) is 5.19 Å². The monoisotopic (exact) mass is 781 g/mol.